The van der Waals surface area contributed by atoms with E-state index in [1.165, 1.54) is 0 Å². The lowest BCUT2D eigenvalue weighted by Gasteiger charge is -2.33. The Morgan fingerprint density at radius 1 is 0.818 bits per heavy atom. The summed E-state index contributed by atoms with van der Waals surface area (Å²) in [5, 5.41) is 9.35. The summed E-state index contributed by atoms with van der Waals surface area (Å²) in [5.41, 5.74) is 1.30. The van der Waals surface area contributed by atoms with Crippen LogP contribution in [0.15, 0.2) is 12.1 Å². The van der Waals surface area contributed by atoms with E-state index in [9.17, 15) is 19.5 Å². The fourth-order valence-corrected chi connectivity index (χ4v) is 2.76. The zero-order chi connectivity index (χ0) is 17.7. The minimum absolute atomic E-state index is 0.213. The van der Waals surface area contributed by atoms with Gasteiger partial charge < -0.3 is 14.9 Å². The standard InChI is InChI=1S/C17H29O4P/c1-15(2,3)12-9-11(17(7,8)22(19,20)21)10-13(14(12)18)16(4,5)6/h9-10,18H,1-8H3,(H2,19,20,21). The summed E-state index contributed by atoms with van der Waals surface area (Å²) in [6, 6.07) is 3.45. The Bertz CT molecular complexity index is 578. The average Bonchev–Trinajstić information content (AvgIpc) is 2.23. The lowest BCUT2D eigenvalue weighted by Crippen LogP contribution is -2.23. The molecule has 5 heteroatoms. The molecule has 0 heterocycles. The van der Waals surface area contributed by atoms with Crippen LogP contribution in [-0.2, 0) is 20.6 Å². The molecule has 0 fully saturated rings. The van der Waals surface area contributed by atoms with Gasteiger partial charge >= 0.3 is 7.60 Å². The molecule has 0 amide bonds. The molecule has 3 N–H and O–H groups in total. The molecule has 0 saturated carbocycles. The molecule has 1 aromatic rings. The van der Waals surface area contributed by atoms with Gasteiger partial charge in [-0.1, -0.05) is 53.7 Å². The molecule has 0 atom stereocenters. The van der Waals surface area contributed by atoms with Gasteiger partial charge in [-0.05, 0) is 41.4 Å². The topological polar surface area (TPSA) is 77.8 Å². The fourth-order valence-electron chi connectivity index (χ4n) is 2.30. The fraction of sp³-hybridized carbons (Fsp3) is 0.647. The molecule has 0 spiro atoms. The van der Waals surface area contributed by atoms with Crippen LogP contribution in [-0.4, -0.2) is 14.9 Å². The number of phenolic OH excluding ortho intramolecular Hbond substituents is 1. The molecule has 0 aromatic heterocycles. The van der Waals surface area contributed by atoms with E-state index in [2.05, 4.69) is 0 Å². The summed E-state index contributed by atoms with van der Waals surface area (Å²) < 4.78 is 11.9. The zero-order valence-corrected chi connectivity index (χ0v) is 15.7. The third kappa shape index (κ3) is 3.56. The van der Waals surface area contributed by atoms with Crippen LogP contribution in [0, 0.1) is 0 Å². The minimum atomic E-state index is -4.33. The van der Waals surface area contributed by atoms with Crippen molar-refractivity contribution in [2.45, 2.75) is 71.4 Å². The average molecular weight is 328 g/mol. The van der Waals surface area contributed by atoms with E-state index in [1.54, 1.807) is 26.0 Å². The van der Waals surface area contributed by atoms with E-state index >= 15 is 0 Å². The highest BCUT2D eigenvalue weighted by atomic mass is 31.2. The van der Waals surface area contributed by atoms with Crippen molar-refractivity contribution >= 4 is 7.60 Å². The van der Waals surface area contributed by atoms with Gasteiger partial charge in [0.25, 0.3) is 0 Å². The Hall–Kier alpha value is -0.830. The maximum atomic E-state index is 11.9. The second-order valence-electron chi connectivity index (χ2n) is 8.52. The highest BCUT2D eigenvalue weighted by Crippen LogP contribution is 2.57. The number of benzene rings is 1. The third-order valence-corrected chi connectivity index (χ3v) is 5.88. The van der Waals surface area contributed by atoms with Crippen molar-refractivity contribution < 1.29 is 19.5 Å². The molecule has 0 aliphatic carbocycles. The quantitative estimate of drug-likeness (QED) is 0.703. The second-order valence-corrected chi connectivity index (χ2v) is 10.7. The van der Waals surface area contributed by atoms with Crippen molar-refractivity contribution in [3.63, 3.8) is 0 Å². The highest BCUT2D eigenvalue weighted by Gasteiger charge is 2.41. The van der Waals surface area contributed by atoms with Gasteiger partial charge in [-0.2, -0.15) is 0 Å². The van der Waals surface area contributed by atoms with Crippen LogP contribution in [0.5, 0.6) is 5.75 Å². The van der Waals surface area contributed by atoms with E-state index in [-0.39, 0.29) is 16.6 Å². The first kappa shape index (κ1) is 19.2. The summed E-state index contributed by atoms with van der Waals surface area (Å²) >= 11 is 0. The number of phenols is 1. The van der Waals surface area contributed by atoms with E-state index in [0.717, 1.165) is 0 Å². The predicted molar refractivity (Wildman–Crippen MR) is 90.6 cm³/mol. The number of aromatic hydroxyl groups is 1. The molecule has 0 aliphatic rings. The van der Waals surface area contributed by atoms with Crippen molar-refractivity contribution in [2.75, 3.05) is 0 Å². The predicted octanol–water partition coefficient (Wildman–Crippen LogP) is 4.40. The highest BCUT2D eigenvalue weighted by molar-refractivity contribution is 7.53. The Morgan fingerprint density at radius 2 is 1.14 bits per heavy atom. The first-order valence-electron chi connectivity index (χ1n) is 7.43. The van der Waals surface area contributed by atoms with Gasteiger partial charge in [0.05, 0.1) is 5.16 Å². The van der Waals surface area contributed by atoms with Gasteiger partial charge in [0.1, 0.15) is 5.75 Å². The molecule has 22 heavy (non-hydrogen) atoms. The summed E-state index contributed by atoms with van der Waals surface area (Å²) in [4.78, 5) is 19.4. The number of rotatable bonds is 2. The molecule has 0 bridgehead atoms. The van der Waals surface area contributed by atoms with Crippen LogP contribution in [0.2, 0.25) is 0 Å². The maximum Gasteiger partial charge on any atom is 0.335 e. The van der Waals surface area contributed by atoms with Gasteiger partial charge in [-0.25, -0.2) is 0 Å². The minimum Gasteiger partial charge on any atom is -0.507 e. The van der Waals surface area contributed by atoms with Crippen molar-refractivity contribution in [2.24, 2.45) is 0 Å². The van der Waals surface area contributed by atoms with Gasteiger partial charge in [0, 0.05) is 0 Å². The Labute approximate surface area is 133 Å². The second kappa shape index (κ2) is 5.36. The Morgan fingerprint density at radius 3 is 1.36 bits per heavy atom. The largest absolute Gasteiger partial charge is 0.507 e. The van der Waals surface area contributed by atoms with Gasteiger partial charge in [0.2, 0.25) is 0 Å². The van der Waals surface area contributed by atoms with E-state index in [1.807, 2.05) is 41.5 Å². The third-order valence-electron chi connectivity index (χ3n) is 4.16. The summed E-state index contributed by atoms with van der Waals surface area (Å²) in [7, 11) is -4.33. The molecule has 4 nitrogen and oxygen atoms in total. The van der Waals surface area contributed by atoms with Crippen molar-refractivity contribution in [3.8, 4) is 5.75 Å². The van der Waals surface area contributed by atoms with E-state index < -0.39 is 12.8 Å². The molecule has 0 saturated heterocycles. The Balaban J connectivity index is 3.81. The van der Waals surface area contributed by atoms with Crippen molar-refractivity contribution in [3.05, 3.63) is 28.8 Å². The number of hydrogen-bond acceptors (Lipinski definition) is 2. The first-order chi connectivity index (χ1) is 9.49. The monoisotopic (exact) mass is 328 g/mol. The molecule has 1 aromatic carbocycles. The van der Waals surface area contributed by atoms with Crippen LogP contribution >= 0.6 is 7.60 Å². The van der Waals surface area contributed by atoms with Crippen LogP contribution in [0.3, 0.4) is 0 Å². The number of hydrogen-bond donors (Lipinski definition) is 3. The lowest BCUT2D eigenvalue weighted by molar-refractivity contribution is 0.337. The zero-order valence-electron chi connectivity index (χ0n) is 14.9. The van der Waals surface area contributed by atoms with Crippen molar-refractivity contribution in [1.82, 2.24) is 0 Å². The summed E-state index contributed by atoms with van der Waals surface area (Å²) in [6.07, 6.45) is 0. The molecule has 0 radical (unpaired) electrons. The summed E-state index contributed by atoms with van der Waals surface area (Å²) in [5.74, 6) is 0.213. The lowest BCUT2D eigenvalue weighted by atomic mass is 9.77. The SMILES string of the molecule is CC(C)(C)c1cc(C(C)(C)P(=O)(O)O)cc(C(C)(C)C)c1O. The molecule has 126 valence electrons. The normalized spacial score (nSPS) is 14.3. The first-order valence-corrected chi connectivity index (χ1v) is 9.05. The van der Waals surface area contributed by atoms with Crippen LogP contribution in [0.4, 0.5) is 0 Å². The maximum absolute atomic E-state index is 11.9. The van der Waals surface area contributed by atoms with Gasteiger partial charge in [0.15, 0.2) is 0 Å². The Kier molecular flexibility index (Phi) is 4.69. The van der Waals surface area contributed by atoms with Gasteiger partial charge in [-0.3, -0.25) is 4.57 Å². The van der Waals surface area contributed by atoms with Gasteiger partial charge in [-0.15, -0.1) is 0 Å². The van der Waals surface area contributed by atoms with Crippen LogP contribution in [0.1, 0.15) is 72.1 Å². The molecular formula is C17H29O4P. The van der Waals surface area contributed by atoms with Crippen LogP contribution < -0.4 is 0 Å². The van der Waals surface area contributed by atoms with E-state index in [4.69, 9.17) is 0 Å². The summed E-state index contributed by atoms with van der Waals surface area (Å²) in [6.45, 7) is 14.9. The smallest absolute Gasteiger partial charge is 0.335 e. The van der Waals surface area contributed by atoms with Crippen molar-refractivity contribution in [1.29, 1.82) is 0 Å². The van der Waals surface area contributed by atoms with Crippen LogP contribution in [0.25, 0.3) is 0 Å². The van der Waals surface area contributed by atoms with E-state index in [0.29, 0.717) is 16.7 Å². The molecule has 1 rings (SSSR count). The molecular weight excluding hydrogens is 299 g/mol. The molecule has 0 aliphatic heterocycles. The molecule has 0 unspecified atom stereocenters.